The Kier molecular flexibility index (Phi) is 5.04. The molecule has 0 saturated carbocycles. The first-order chi connectivity index (χ1) is 11.6. The van der Waals surface area contributed by atoms with Crippen LogP contribution in [0, 0.1) is 6.92 Å². The van der Waals surface area contributed by atoms with Crippen molar-refractivity contribution in [3.05, 3.63) is 65.7 Å². The monoisotopic (exact) mass is 324 g/mol. The van der Waals surface area contributed by atoms with Crippen molar-refractivity contribution in [3.63, 3.8) is 0 Å². The Balaban J connectivity index is 1.78. The van der Waals surface area contributed by atoms with Crippen LogP contribution in [0.2, 0.25) is 0 Å². The third kappa shape index (κ3) is 3.88. The molecular weight excluding hydrogens is 300 g/mol. The molecule has 1 saturated heterocycles. The van der Waals surface area contributed by atoms with Crippen LogP contribution >= 0.6 is 0 Å². The van der Waals surface area contributed by atoms with Gasteiger partial charge in [0.05, 0.1) is 0 Å². The first kappa shape index (κ1) is 16.4. The zero-order valence-corrected chi connectivity index (χ0v) is 14.1. The molecule has 126 valence electrons. The number of hydrogen-bond acceptors (Lipinski definition) is 2. The summed E-state index contributed by atoms with van der Waals surface area (Å²) in [4.78, 5) is 15.1. The molecule has 0 radical (unpaired) electrons. The second-order valence-electron chi connectivity index (χ2n) is 6.45. The molecule has 1 heterocycles. The highest BCUT2D eigenvalue weighted by Gasteiger charge is 2.27. The van der Waals surface area contributed by atoms with Crippen LogP contribution in [-0.2, 0) is 6.54 Å². The van der Waals surface area contributed by atoms with Gasteiger partial charge in [-0.25, -0.2) is 4.79 Å². The maximum absolute atomic E-state index is 11.1. The lowest BCUT2D eigenvalue weighted by Crippen LogP contribution is -2.46. The third-order valence-corrected chi connectivity index (χ3v) is 4.74. The maximum atomic E-state index is 11.1. The van der Waals surface area contributed by atoms with E-state index in [9.17, 15) is 4.79 Å². The van der Waals surface area contributed by atoms with Crippen molar-refractivity contribution in [2.75, 3.05) is 18.0 Å². The number of aryl methyl sites for hydroxylation is 1. The number of likely N-dealkylation sites (tertiary alicyclic amines) is 1. The summed E-state index contributed by atoms with van der Waals surface area (Å²) < 4.78 is 0. The van der Waals surface area contributed by atoms with E-state index < -0.39 is 6.09 Å². The number of nitrogens with zero attached hydrogens (tertiary/aromatic N) is 2. The number of anilines is 1. The summed E-state index contributed by atoms with van der Waals surface area (Å²) in [5, 5.41) is 9.15. The summed E-state index contributed by atoms with van der Waals surface area (Å²) in [6.45, 7) is 4.16. The zero-order chi connectivity index (χ0) is 16.9. The Labute approximate surface area is 143 Å². The molecule has 0 spiro atoms. The Morgan fingerprint density at radius 2 is 1.71 bits per heavy atom. The van der Waals surface area contributed by atoms with E-state index in [2.05, 4.69) is 60.4 Å². The van der Waals surface area contributed by atoms with E-state index in [1.165, 1.54) is 21.7 Å². The number of hydrogen-bond donors (Lipinski definition) is 1. The number of rotatable bonds is 4. The van der Waals surface area contributed by atoms with Gasteiger partial charge in [-0.2, -0.15) is 0 Å². The van der Waals surface area contributed by atoms with Crippen LogP contribution < -0.4 is 4.90 Å². The van der Waals surface area contributed by atoms with Crippen LogP contribution in [0.5, 0.6) is 0 Å². The van der Waals surface area contributed by atoms with Gasteiger partial charge in [-0.3, -0.25) is 0 Å². The predicted molar refractivity (Wildman–Crippen MR) is 96.4 cm³/mol. The molecule has 0 aromatic heterocycles. The molecule has 0 unspecified atom stereocenters. The molecular formula is C20H24N2O2. The van der Waals surface area contributed by atoms with E-state index in [1.807, 2.05) is 6.07 Å². The number of carboxylic acid groups (broad SMARTS) is 1. The molecule has 1 fully saturated rings. The predicted octanol–water partition coefficient (Wildman–Crippen LogP) is 4.14. The summed E-state index contributed by atoms with van der Waals surface area (Å²) in [5.74, 6) is 0. The molecule has 3 rings (SSSR count). The van der Waals surface area contributed by atoms with Crippen molar-refractivity contribution in [3.8, 4) is 0 Å². The van der Waals surface area contributed by atoms with Gasteiger partial charge in [-0.05, 0) is 37.5 Å². The topological polar surface area (TPSA) is 43.8 Å². The summed E-state index contributed by atoms with van der Waals surface area (Å²) >= 11 is 0. The van der Waals surface area contributed by atoms with Crippen molar-refractivity contribution < 1.29 is 9.90 Å². The van der Waals surface area contributed by atoms with E-state index in [0.29, 0.717) is 19.1 Å². The van der Waals surface area contributed by atoms with E-state index in [4.69, 9.17) is 5.11 Å². The fourth-order valence-corrected chi connectivity index (χ4v) is 3.31. The number of benzene rings is 2. The molecule has 1 aliphatic heterocycles. The summed E-state index contributed by atoms with van der Waals surface area (Å²) in [6, 6.07) is 19.4. The SMILES string of the molecule is Cc1ccc(CN(c2ccccc2)C2CCN(C(=O)O)CC2)cc1. The van der Waals surface area contributed by atoms with Crippen molar-refractivity contribution in [1.82, 2.24) is 4.90 Å². The van der Waals surface area contributed by atoms with Crippen LogP contribution in [0.15, 0.2) is 54.6 Å². The molecule has 1 aliphatic rings. The quantitative estimate of drug-likeness (QED) is 0.919. The molecule has 0 atom stereocenters. The Hall–Kier alpha value is -2.49. The van der Waals surface area contributed by atoms with Gasteiger partial charge in [-0.1, -0.05) is 48.0 Å². The molecule has 0 aliphatic carbocycles. The zero-order valence-electron chi connectivity index (χ0n) is 14.1. The average molecular weight is 324 g/mol. The molecule has 24 heavy (non-hydrogen) atoms. The highest BCUT2D eigenvalue weighted by atomic mass is 16.4. The number of carbonyl (C=O) groups is 1. The second-order valence-corrected chi connectivity index (χ2v) is 6.45. The van der Waals surface area contributed by atoms with Gasteiger partial charge in [0.1, 0.15) is 0 Å². The van der Waals surface area contributed by atoms with E-state index in [0.717, 1.165) is 19.4 Å². The molecule has 0 bridgehead atoms. The van der Waals surface area contributed by atoms with E-state index in [1.54, 1.807) is 0 Å². The molecule has 4 nitrogen and oxygen atoms in total. The third-order valence-electron chi connectivity index (χ3n) is 4.74. The van der Waals surface area contributed by atoms with Gasteiger partial charge in [-0.15, -0.1) is 0 Å². The van der Waals surface area contributed by atoms with Crippen LogP contribution in [0.4, 0.5) is 10.5 Å². The Morgan fingerprint density at radius 3 is 2.29 bits per heavy atom. The highest BCUT2D eigenvalue weighted by Crippen LogP contribution is 2.26. The highest BCUT2D eigenvalue weighted by molar-refractivity contribution is 5.65. The molecule has 4 heteroatoms. The summed E-state index contributed by atoms with van der Waals surface area (Å²) in [5.41, 5.74) is 3.75. The van der Waals surface area contributed by atoms with Gasteiger partial charge >= 0.3 is 6.09 Å². The lowest BCUT2D eigenvalue weighted by molar-refractivity contribution is 0.131. The average Bonchev–Trinajstić information content (AvgIpc) is 2.62. The van der Waals surface area contributed by atoms with Gasteiger partial charge < -0.3 is 14.9 Å². The Morgan fingerprint density at radius 1 is 1.08 bits per heavy atom. The van der Waals surface area contributed by atoms with Gasteiger partial charge in [0.25, 0.3) is 0 Å². The number of amides is 1. The van der Waals surface area contributed by atoms with Crippen LogP contribution in [0.1, 0.15) is 24.0 Å². The van der Waals surface area contributed by atoms with Gasteiger partial charge in [0, 0.05) is 31.4 Å². The molecule has 1 amide bonds. The summed E-state index contributed by atoms with van der Waals surface area (Å²) in [6.07, 6.45) is 0.929. The molecule has 2 aromatic carbocycles. The standard InChI is InChI=1S/C20H24N2O2/c1-16-7-9-17(10-8-16)15-22(18-5-3-2-4-6-18)19-11-13-21(14-12-19)20(23)24/h2-10,19H,11-15H2,1H3,(H,23,24). The van der Waals surface area contributed by atoms with Crippen molar-refractivity contribution in [1.29, 1.82) is 0 Å². The smallest absolute Gasteiger partial charge is 0.407 e. The number of piperidine rings is 1. The minimum absolute atomic E-state index is 0.365. The number of para-hydroxylation sites is 1. The van der Waals surface area contributed by atoms with E-state index in [-0.39, 0.29) is 0 Å². The molecule has 1 N–H and O–H groups in total. The van der Waals surface area contributed by atoms with Crippen LogP contribution in [0.25, 0.3) is 0 Å². The van der Waals surface area contributed by atoms with Crippen molar-refractivity contribution >= 4 is 11.8 Å². The van der Waals surface area contributed by atoms with Gasteiger partial charge in [0.2, 0.25) is 0 Å². The van der Waals surface area contributed by atoms with Crippen LogP contribution in [-0.4, -0.2) is 35.2 Å². The Bertz CT molecular complexity index is 662. The normalized spacial score (nSPS) is 15.3. The van der Waals surface area contributed by atoms with Crippen molar-refractivity contribution in [2.24, 2.45) is 0 Å². The molecule has 2 aromatic rings. The second kappa shape index (κ2) is 7.39. The lowest BCUT2D eigenvalue weighted by Gasteiger charge is -2.39. The fraction of sp³-hybridized carbons (Fsp3) is 0.350. The van der Waals surface area contributed by atoms with E-state index >= 15 is 0 Å². The van der Waals surface area contributed by atoms with Crippen molar-refractivity contribution in [2.45, 2.75) is 32.4 Å². The minimum atomic E-state index is -0.807. The maximum Gasteiger partial charge on any atom is 0.407 e. The fourth-order valence-electron chi connectivity index (χ4n) is 3.31. The first-order valence-corrected chi connectivity index (χ1v) is 8.48. The van der Waals surface area contributed by atoms with Crippen LogP contribution in [0.3, 0.4) is 0 Å². The van der Waals surface area contributed by atoms with Gasteiger partial charge in [0.15, 0.2) is 0 Å². The largest absolute Gasteiger partial charge is 0.465 e. The first-order valence-electron chi connectivity index (χ1n) is 8.48. The minimum Gasteiger partial charge on any atom is -0.465 e. The lowest BCUT2D eigenvalue weighted by atomic mass is 10.0. The summed E-state index contributed by atoms with van der Waals surface area (Å²) in [7, 11) is 0.